The number of benzene rings is 4. The summed E-state index contributed by atoms with van der Waals surface area (Å²) in [6, 6.07) is 36.6. The van der Waals surface area contributed by atoms with E-state index in [1.807, 2.05) is 78.9 Å². The Morgan fingerprint density at radius 1 is 0.789 bits per heavy atom. The van der Waals surface area contributed by atoms with Gasteiger partial charge in [0.25, 0.3) is 0 Å². The predicted molar refractivity (Wildman–Crippen MR) is 156 cm³/mol. The minimum atomic E-state index is 0.0802. The zero-order chi connectivity index (χ0) is 26.0. The summed E-state index contributed by atoms with van der Waals surface area (Å²) in [6.45, 7) is 2.85. The molecular weight excluding hydrogens is 468 g/mol. The highest BCUT2D eigenvalue weighted by molar-refractivity contribution is 5.91. The van der Waals surface area contributed by atoms with Crippen LogP contribution in [-0.4, -0.2) is 30.4 Å². The van der Waals surface area contributed by atoms with Crippen LogP contribution in [0.4, 0.5) is 5.69 Å². The van der Waals surface area contributed by atoms with Gasteiger partial charge in [-0.1, -0.05) is 84.9 Å². The van der Waals surface area contributed by atoms with Crippen LogP contribution in [0.15, 0.2) is 115 Å². The molecule has 0 atom stereocenters. The standard InChI is InChI=1S/C34H34N2O2/c37-34(35-33-15-8-7-12-30(33)26-27-10-3-1-4-11-27)16-9-23-36-24-21-29(22-25-36)28-17-19-32(20-18-28)38-31-13-5-2-6-14-31/h1-8,10-15,17-21H,9,16,22-26H2,(H,35,37). The molecule has 0 saturated heterocycles. The second kappa shape index (κ2) is 12.9. The van der Waals surface area contributed by atoms with Crippen LogP contribution < -0.4 is 10.1 Å². The fraction of sp³-hybridized carbons (Fsp3) is 0.206. The van der Waals surface area contributed by atoms with E-state index in [0.29, 0.717) is 6.42 Å². The van der Waals surface area contributed by atoms with Crippen LogP contribution in [0.3, 0.4) is 0 Å². The molecule has 0 bridgehead atoms. The van der Waals surface area contributed by atoms with Gasteiger partial charge in [0, 0.05) is 25.2 Å². The Kier molecular flexibility index (Phi) is 8.65. The monoisotopic (exact) mass is 502 g/mol. The van der Waals surface area contributed by atoms with Crippen molar-refractivity contribution in [2.45, 2.75) is 25.7 Å². The summed E-state index contributed by atoms with van der Waals surface area (Å²) >= 11 is 0. The van der Waals surface area contributed by atoms with Crippen molar-refractivity contribution in [3.05, 3.63) is 132 Å². The molecule has 0 saturated carbocycles. The van der Waals surface area contributed by atoms with Gasteiger partial charge < -0.3 is 10.1 Å². The number of ether oxygens (including phenoxy) is 1. The van der Waals surface area contributed by atoms with E-state index in [-0.39, 0.29) is 5.91 Å². The average molecular weight is 503 g/mol. The van der Waals surface area contributed by atoms with Crippen LogP contribution in [0.1, 0.15) is 36.0 Å². The number of carbonyl (C=O) groups excluding carboxylic acids is 1. The molecule has 4 heteroatoms. The van der Waals surface area contributed by atoms with Crippen LogP contribution in [0.2, 0.25) is 0 Å². The summed E-state index contributed by atoms with van der Waals surface area (Å²) in [4.78, 5) is 15.1. The van der Waals surface area contributed by atoms with E-state index in [1.54, 1.807) is 0 Å². The number of nitrogens with one attached hydrogen (secondary N) is 1. The number of hydrogen-bond donors (Lipinski definition) is 1. The Morgan fingerprint density at radius 3 is 2.21 bits per heavy atom. The van der Waals surface area contributed by atoms with Gasteiger partial charge in [0.2, 0.25) is 5.91 Å². The highest BCUT2D eigenvalue weighted by Gasteiger charge is 2.14. The molecule has 0 aliphatic carbocycles. The van der Waals surface area contributed by atoms with Crippen molar-refractivity contribution in [3.63, 3.8) is 0 Å². The van der Waals surface area contributed by atoms with Gasteiger partial charge in [0.05, 0.1) is 0 Å². The smallest absolute Gasteiger partial charge is 0.224 e. The van der Waals surface area contributed by atoms with Gasteiger partial charge in [0.15, 0.2) is 0 Å². The Morgan fingerprint density at radius 2 is 1.47 bits per heavy atom. The molecule has 0 fully saturated rings. The Balaban J connectivity index is 1.06. The van der Waals surface area contributed by atoms with Crippen LogP contribution >= 0.6 is 0 Å². The highest BCUT2D eigenvalue weighted by atomic mass is 16.5. The molecule has 0 radical (unpaired) electrons. The summed E-state index contributed by atoms with van der Waals surface area (Å²) in [7, 11) is 0. The zero-order valence-corrected chi connectivity index (χ0v) is 21.7. The lowest BCUT2D eigenvalue weighted by molar-refractivity contribution is -0.116. The van der Waals surface area contributed by atoms with E-state index in [1.165, 1.54) is 16.7 Å². The van der Waals surface area contributed by atoms with E-state index in [2.05, 4.69) is 46.6 Å². The zero-order valence-electron chi connectivity index (χ0n) is 21.7. The maximum atomic E-state index is 12.7. The van der Waals surface area contributed by atoms with Crippen LogP contribution in [0.25, 0.3) is 5.57 Å². The van der Waals surface area contributed by atoms with Crippen LogP contribution in [0, 0.1) is 0 Å². The Labute approximate surface area is 225 Å². The minimum Gasteiger partial charge on any atom is -0.457 e. The molecule has 4 aromatic rings. The summed E-state index contributed by atoms with van der Waals surface area (Å²) in [5, 5.41) is 3.14. The number of para-hydroxylation sites is 2. The van der Waals surface area contributed by atoms with E-state index in [9.17, 15) is 4.79 Å². The molecule has 38 heavy (non-hydrogen) atoms. The minimum absolute atomic E-state index is 0.0802. The molecule has 4 nitrogen and oxygen atoms in total. The van der Waals surface area contributed by atoms with E-state index >= 15 is 0 Å². The van der Waals surface area contributed by atoms with Crippen LogP contribution in [-0.2, 0) is 11.2 Å². The molecule has 1 heterocycles. The topological polar surface area (TPSA) is 41.6 Å². The van der Waals surface area contributed by atoms with Gasteiger partial charge in [-0.15, -0.1) is 0 Å². The number of rotatable bonds is 10. The lowest BCUT2D eigenvalue weighted by atomic mass is 9.99. The molecule has 5 rings (SSSR count). The first-order valence-corrected chi connectivity index (χ1v) is 13.4. The second-order valence-electron chi connectivity index (χ2n) is 9.69. The average Bonchev–Trinajstić information content (AvgIpc) is 2.96. The lowest BCUT2D eigenvalue weighted by Gasteiger charge is -2.26. The van der Waals surface area contributed by atoms with Gasteiger partial charge in [-0.2, -0.15) is 0 Å². The number of nitrogens with zero attached hydrogens (tertiary/aromatic N) is 1. The Bertz CT molecular complexity index is 1350. The van der Waals surface area contributed by atoms with Crippen molar-refractivity contribution in [2.24, 2.45) is 0 Å². The van der Waals surface area contributed by atoms with Crippen molar-refractivity contribution < 1.29 is 9.53 Å². The molecule has 4 aromatic carbocycles. The molecule has 0 unspecified atom stereocenters. The third kappa shape index (κ3) is 7.21. The van der Waals surface area contributed by atoms with E-state index in [4.69, 9.17) is 4.74 Å². The van der Waals surface area contributed by atoms with Gasteiger partial charge in [-0.25, -0.2) is 0 Å². The number of anilines is 1. The van der Waals surface area contributed by atoms with Gasteiger partial charge in [-0.3, -0.25) is 9.69 Å². The van der Waals surface area contributed by atoms with Crippen LogP contribution in [0.5, 0.6) is 11.5 Å². The Hall–Kier alpha value is -4.15. The third-order valence-electron chi connectivity index (χ3n) is 6.90. The van der Waals surface area contributed by atoms with Gasteiger partial charge in [-0.05, 0) is 78.4 Å². The molecular formula is C34H34N2O2. The summed E-state index contributed by atoms with van der Waals surface area (Å²) in [6.07, 6.45) is 5.51. The molecule has 1 N–H and O–H groups in total. The van der Waals surface area contributed by atoms with Gasteiger partial charge in [0.1, 0.15) is 11.5 Å². The summed E-state index contributed by atoms with van der Waals surface area (Å²) < 4.78 is 5.91. The number of hydrogen-bond acceptors (Lipinski definition) is 3. The van der Waals surface area contributed by atoms with Crippen molar-refractivity contribution in [1.82, 2.24) is 4.90 Å². The molecule has 1 aliphatic heterocycles. The number of amides is 1. The first kappa shape index (κ1) is 25.5. The van der Waals surface area contributed by atoms with Crippen molar-refractivity contribution in [1.29, 1.82) is 0 Å². The largest absolute Gasteiger partial charge is 0.457 e. The molecule has 192 valence electrons. The fourth-order valence-electron chi connectivity index (χ4n) is 4.83. The maximum absolute atomic E-state index is 12.7. The third-order valence-corrected chi connectivity index (χ3v) is 6.90. The first-order valence-electron chi connectivity index (χ1n) is 13.4. The van der Waals surface area contributed by atoms with Crippen molar-refractivity contribution >= 4 is 17.2 Å². The predicted octanol–water partition coefficient (Wildman–Crippen LogP) is 7.58. The van der Waals surface area contributed by atoms with E-state index < -0.39 is 0 Å². The quantitative estimate of drug-likeness (QED) is 0.243. The first-order chi connectivity index (χ1) is 18.7. The summed E-state index contributed by atoms with van der Waals surface area (Å²) in [5.41, 5.74) is 5.91. The normalized spacial score (nSPS) is 13.5. The SMILES string of the molecule is O=C(CCCN1CC=C(c2ccc(Oc3ccccc3)cc2)CC1)Nc1ccccc1Cc1ccccc1. The van der Waals surface area contributed by atoms with Crippen molar-refractivity contribution in [3.8, 4) is 11.5 Å². The number of carbonyl (C=O) groups is 1. The van der Waals surface area contributed by atoms with E-state index in [0.717, 1.165) is 61.6 Å². The second-order valence-corrected chi connectivity index (χ2v) is 9.69. The molecule has 1 aliphatic rings. The molecule has 1 amide bonds. The lowest BCUT2D eigenvalue weighted by Crippen LogP contribution is -2.30. The highest BCUT2D eigenvalue weighted by Crippen LogP contribution is 2.27. The molecule has 0 spiro atoms. The van der Waals surface area contributed by atoms with Crippen molar-refractivity contribution in [2.75, 3.05) is 25.0 Å². The summed E-state index contributed by atoms with van der Waals surface area (Å²) in [5.74, 6) is 1.77. The maximum Gasteiger partial charge on any atom is 0.224 e. The fourth-order valence-corrected chi connectivity index (χ4v) is 4.83. The molecule has 0 aromatic heterocycles. The van der Waals surface area contributed by atoms with Gasteiger partial charge >= 0.3 is 0 Å².